The highest BCUT2D eigenvalue weighted by molar-refractivity contribution is 5.78. The van der Waals surface area contributed by atoms with Crippen molar-refractivity contribution in [2.45, 2.75) is 64.8 Å². The summed E-state index contributed by atoms with van der Waals surface area (Å²) in [6.07, 6.45) is 4.45. The maximum atomic E-state index is 13.9. The Morgan fingerprint density at radius 1 is 1.14 bits per heavy atom. The topological polar surface area (TPSA) is 77.0 Å². The molecule has 1 amide bonds. The van der Waals surface area contributed by atoms with E-state index in [4.69, 9.17) is 9.52 Å². The number of amides is 1. The number of allylic oxidation sites excluding steroid dienone is 4. The Bertz CT molecular complexity index is 1300. The molecular weight excluding hydrogens is 457 g/mol. The normalized spacial score (nSPS) is 17.1. The molecule has 0 atom stereocenters. The molecule has 1 aliphatic heterocycles. The minimum Gasteiger partial charge on any atom is -0.425 e. The Balaban J connectivity index is 1.32. The molecule has 3 heterocycles. The fraction of sp³-hybridized carbons (Fsp3) is 0.429. The van der Waals surface area contributed by atoms with Gasteiger partial charge in [-0.25, -0.2) is 4.39 Å². The van der Waals surface area contributed by atoms with Crippen molar-refractivity contribution in [1.29, 1.82) is 0 Å². The third-order valence-electron chi connectivity index (χ3n) is 7.04. The second-order valence-corrected chi connectivity index (χ2v) is 9.98. The Kier molecular flexibility index (Phi) is 6.85. The molecule has 188 valence electrons. The molecule has 0 saturated carbocycles. The molecule has 0 N–H and O–H groups in total. The molecule has 0 radical (unpaired) electrons. The van der Waals surface area contributed by atoms with E-state index in [-0.39, 0.29) is 30.1 Å². The number of nitrogens with zero attached hydrogens (tertiary/aromatic N) is 5. The highest BCUT2D eigenvalue weighted by Crippen LogP contribution is 2.33. The van der Waals surface area contributed by atoms with E-state index in [1.165, 1.54) is 0 Å². The molecule has 1 aromatic carbocycles. The van der Waals surface area contributed by atoms with Crippen molar-refractivity contribution in [3.8, 4) is 11.3 Å². The van der Waals surface area contributed by atoms with Crippen LogP contribution in [0.3, 0.4) is 0 Å². The van der Waals surface area contributed by atoms with Crippen LogP contribution in [0.4, 0.5) is 4.39 Å². The van der Waals surface area contributed by atoms with Gasteiger partial charge in [0.15, 0.2) is 0 Å². The lowest BCUT2D eigenvalue weighted by molar-refractivity contribution is -0.133. The Morgan fingerprint density at radius 2 is 1.89 bits per heavy atom. The summed E-state index contributed by atoms with van der Waals surface area (Å²) in [5.41, 5.74) is 4.32. The van der Waals surface area contributed by atoms with Gasteiger partial charge < -0.3 is 9.32 Å². The van der Waals surface area contributed by atoms with Crippen LogP contribution in [0.1, 0.15) is 75.8 Å². The number of hydrogen-bond acceptors (Lipinski definition) is 5. The van der Waals surface area contributed by atoms with Gasteiger partial charge in [0.2, 0.25) is 17.7 Å². The van der Waals surface area contributed by atoms with Gasteiger partial charge in [-0.2, -0.15) is 5.10 Å². The first-order valence-corrected chi connectivity index (χ1v) is 12.7. The summed E-state index contributed by atoms with van der Waals surface area (Å²) in [6, 6.07) is 12.0. The molecule has 5 rings (SSSR count). The van der Waals surface area contributed by atoms with Crippen LogP contribution in [-0.4, -0.2) is 43.9 Å². The molecule has 1 saturated heterocycles. The lowest BCUT2D eigenvalue weighted by atomic mass is 9.96. The zero-order chi connectivity index (χ0) is 25.2. The van der Waals surface area contributed by atoms with Crippen molar-refractivity contribution >= 4 is 11.5 Å². The third-order valence-corrected chi connectivity index (χ3v) is 7.04. The molecule has 0 bridgehead atoms. The van der Waals surface area contributed by atoms with Gasteiger partial charge in [0.05, 0.1) is 11.4 Å². The highest BCUT2D eigenvalue weighted by atomic mass is 19.1. The van der Waals surface area contributed by atoms with E-state index >= 15 is 0 Å². The number of carbonyl (C=O) groups is 1. The van der Waals surface area contributed by atoms with Crippen LogP contribution in [0.15, 0.2) is 58.3 Å². The number of piperidine rings is 1. The van der Waals surface area contributed by atoms with Crippen LogP contribution >= 0.6 is 0 Å². The first-order valence-electron chi connectivity index (χ1n) is 12.7. The number of carbonyl (C=O) groups excluding carboxylic acids is 1. The second kappa shape index (κ2) is 10.2. The van der Waals surface area contributed by atoms with Crippen molar-refractivity contribution in [3.05, 3.63) is 71.3 Å². The molecule has 36 heavy (non-hydrogen) atoms. The van der Waals surface area contributed by atoms with Gasteiger partial charge >= 0.3 is 0 Å². The van der Waals surface area contributed by atoms with E-state index in [9.17, 15) is 9.18 Å². The van der Waals surface area contributed by atoms with Crippen LogP contribution in [0, 0.1) is 0 Å². The molecule has 7 nitrogen and oxygen atoms in total. The number of benzene rings is 1. The summed E-state index contributed by atoms with van der Waals surface area (Å²) < 4.78 is 21.5. The van der Waals surface area contributed by atoms with Crippen molar-refractivity contribution in [2.24, 2.45) is 0 Å². The molecule has 0 spiro atoms. The van der Waals surface area contributed by atoms with Crippen molar-refractivity contribution in [2.75, 3.05) is 13.1 Å². The first kappa shape index (κ1) is 24.2. The number of rotatable bonds is 6. The van der Waals surface area contributed by atoms with Gasteiger partial charge in [0, 0.05) is 31.3 Å². The van der Waals surface area contributed by atoms with E-state index in [1.807, 2.05) is 61.2 Å². The van der Waals surface area contributed by atoms with E-state index < -0.39 is 0 Å². The first-order chi connectivity index (χ1) is 17.4. The largest absolute Gasteiger partial charge is 0.425 e. The molecule has 8 heteroatoms. The van der Waals surface area contributed by atoms with Gasteiger partial charge in [0.25, 0.3) is 0 Å². The predicted octanol–water partition coefficient (Wildman–Crippen LogP) is 5.88. The van der Waals surface area contributed by atoms with E-state index in [2.05, 4.69) is 10.2 Å². The number of likely N-dealkylation sites (tertiary alicyclic amines) is 1. The molecule has 0 unspecified atom stereocenters. The zero-order valence-electron chi connectivity index (χ0n) is 21.1. The fourth-order valence-electron chi connectivity index (χ4n) is 4.84. The standard InChI is InChI=1S/C28H32FN5O2/c1-18(2)27-30-31-28(36-27)21-11-13-33(14-12-21)26(35)17-34-25(20-7-5-4-6-8-20)16-24(32-34)22-9-10-23(29)19(3)15-22/h4-8,15-16,18,21H,9-14,17H2,1-3H3. The predicted molar refractivity (Wildman–Crippen MR) is 136 cm³/mol. The molecular formula is C28H32FN5O2. The molecule has 1 fully saturated rings. The zero-order valence-corrected chi connectivity index (χ0v) is 21.1. The summed E-state index contributed by atoms with van der Waals surface area (Å²) in [5.74, 6) is 1.69. The molecule has 3 aromatic rings. The molecule has 2 aromatic heterocycles. The fourth-order valence-corrected chi connectivity index (χ4v) is 4.84. The SMILES string of the molecule is CC1=C(F)CCC(c2cc(-c3ccccc3)n(CC(=O)N3CCC(c4nnc(C(C)C)o4)CC3)n2)=C1. The Hall–Kier alpha value is -3.55. The van der Waals surface area contributed by atoms with E-state index in [0.29, 0.717) is 43.3 Å². The quantitative estimate of drug-likeness (QED) is 0.432. The highest BCUT2D eigenvalue weighted by Gasteiger charge is 2.28. The van der Waals surface area contributed by atoms with Crippen LogP contribution in [0.25, 0.3) is 16.8 Å². The van der Waals surface area contributed by atoms with Crippen molar-refractivity contribution in [3.63, 3.8) is 0 Å². The van der Waals surface area contributed by atoms with Gasteiger partial charge in [-0.3, -0.25) is 9.48 Å². The Morgan fingerprint density at radius 3 is 2.56 bits per heavy atom. The van der Waals surface area contributed by atoms with Crippen molar-refractivity contribution in [1.82, 2.24) is 24.9 Å². The van der Waals surface area contributed by atoms with Crippen LogP contribution in [0.5, 0.6) is 0 Å². The van der Waals surface area contributed by atoms with Crippen molar-refractivity contribution < 1.29 is 13.6 Å². The van der Waals surface area contributed by atoms with Gasteiger partial charge in [0.1, 0.15) is 12.4 Å². The lowest BCUT2D eigenvalue weighted by Crippen LogP contribution is -2.40. The molecule has 2 aliphatic rings. The third kappa shape index (κ3) is 5.03. The summed E-state index contributed by atoms with van der Waals surface area (Å²) >= 11 is 0. The summed E-state index contributed by atoms with van der Waals surface area (Å²) in [6.45, 7) is 7.30. The summed E-state index contributed by atoms with van der Waals surface area (Å²) in [5, 5.41) is 13.2. The lowest BCUT2D eigenvalue weighted by Gasteiger charge is -2.30. The average Bonchev–Trinajstić information content (AvgIpc) is 3.55. The minimum atomic E-state index is -0.0685. The maximum Gasteiger partial charge on any atom is 0.244 e. The monoisotopic (exact) mass is 489 g/mol. The average molecular weight is 490 g/mol. The number of halogens is 1. The van der Waals surface area contributed by atoms with E-state index in [0.717, 1.165) is 35.4 Å². The molecule has 1 aliphatic carbocycles. The maximum absolute atomic E-state index is 13.9. The van der Waals surface area contributed by atoms with E-state index in [1.54, 1.807) is 11.6 Å². The second-order valence-electron chi connectivity index (χ2n) is 9.98. The van der Waals surface area contributed by atoms with Crippen LogP contribution < -0.4 is 0 Å². The summed E-state index contributed by atoms with van der Waals surface area (Å²) in [4.78, 5) is 15.2. The van der Waals surface area contributed by atoms with Gasteiger partial charge in [-0.1, -0.05) is 50.3 Å². The van der Waals surface area contributed by atoms with Gasteiger partial charge in [-0.15, -0.1) is 10.2 Å². The Labute approximate surface area is 210 Å². The van der Waals surface area contributed by atoms with Crippen LogP contribution in [0.2, 0.25) is 0 Å². The summed E-state index contributed by atoms with van der Waals surface area (Å²) in [7, 11) is 0. The van der Waals surface area contributed by atoms with Crippen LogP contribution in [-0.2, 0) is 11.3 Å². The smallest absolute Gasteiger partial charge is 0.244 e. The number of aromatic nitrogens is 4. The number of hydrogen-bond donors (Lipinski definition) is 0. The van der Waals surface area contributed by atoms with Gasteiger partial charge in [-0.05, 0) is 49.0 Å². The minimum absolute atomic E-state index is 0.0356.